The van der Waals surface area contributed by atoms with Crippen LogP contribution < -0.4 is 10.1 Å². The average molecular weight is 414 g/mol. The van der Waals surface area contributed by atoms with Crippen molar-refractivity contribution in [3.63, 3.8) is 0 Å². The fraction of sp³-hybridized carbons (Fsp3) is 0.321. The molecule has 3 nitrogen and oxygen atoms in total. The van der Waals surface area contributed by atoms with Crippen LogP contribution >= 0.6 is 0 Å². The summed E-state index contributed by atoms with van der Waals surface area (Å²) in [5, 5.41) is 3.32. The van der Waals surface area contributed by atoms with Crippen LogP contribution in [0.2, 0.25) is 0 Å². The second-order valence-electron chi connectivity index (χ2n) is 9.05. The van der Waals surface area contributed by atoms with Gasteiger partial charge in [0.15, 0.2) is 0 Å². The molecule has 0 spiro atoms. The Bertz CT molecular complexity index is 1030. The Morgan fingerprint density at radius 2 is 1.23 bits per heavy atom. The minimum atomic E-state index is -0.258. The first-order valence-electron chi connectivity index (χ1n) is 11.2. The molecule has 1 aliphatic rings. The number of para-hydroxylation sites is 3. The van der Waals surface area contributed by atoms with Gasteiger partial charge in [0.05, 0.1) is 0 Å². The summed E-state index contributed by atoms with van der Waals surface area (Å²) in [5.41, 5.74) is 5.45. The summed E-state index contributed by atoms with van der Waals surface area (Å²) in [4.78, 5) is 13.6. The number of carbonyl (C=O) groups is 1. The third-order valence-electron chi connectivity index (χ3n) is 6.26. The molecule has 3 aromatic carbocycles. The third-order valence-corrected chi connectivity index (χ3v) is 6.26. The van der Waals surface area contributed by atoms with Gasteiger partial charge < -0.3 is 10.1 Å². The number of rotatable bonds is 5. The number of hydrogen-bond donors (Lipinski definition) is 1. The van der Waals surface area contributed by atoms with Gasteiger partial charge in [-0.1, -0.05) is 89.2 Å². The summed E-state index contributed by atoms with van der Waals surface area (Å²) in [6.45, 7) is 10.7. The topological polar surface area (TPSA) is 38.3 Å². The van der Waals surface area contributed by atoms with E-state index in [2.05, 4.69) is 63.3 Å². The van der Waals surface area contributed by atoms with E-state index >= 15 is 0 Å². The van der Waals surface area contributed by atoms with Crippen LogP contribution in [-0.2, 0) is 4.79 Å². The van der Waals surface area contributed by atoms with Gasteiger partial charge in [0.2, 0.25) is 5.91 Å². The van der Waals surface area contributed by atoms with Crippen molar-refractivity contribution in [2.24, 2.45) is 5.92 Å². The maximum absolute atomic E-state index is 13.6. The van der Waals surface area contributed by atoms with Crippen LogP contribution in [-0.4, -0.2) is 5.91 Å². The first-order valence-corrected chi connectivity index (χ1v) is 11.2. The lowest BCUT2D eigenvalue weighted by atomic mass is 9.79. The predicted octanol–water partition coefficient (Wildman–Crippen LogP) is 7.45. The molecule has 0 aliphatic carbocycles. The van der Waals surface area contributed by atoms with Crippen LogP contribution in [0.25, 0.3) is 0 Å². The van der Waals surface area contributed by atoms with Crippen molar-refractivity contribution in [3.05, 3.63) is 89.0 Å². The van der Waals surface area contributed by atoms with E-state index < -0.39 is 0 Å². The Kier molecular flexibility index (Phi) is 5.86. The SMILES string of the molecule is CC(C)c1cccc(C(C)C)c1NC(=O)C(C)C1c2ccccc2Oc2ccccc21. The van der Waals surface area contributed by atoms with Crippen molar-refractivity contribution in [2.75, 3.05) is 5.32 Å². The first-order chi connectivity index (χ1) is 14.9. The lowest BCUT2D eigenvalue weighted by Gasteiger charge is -2.32. The highest BCUT2D eigenvalue weighted by atomic mass is 16.5. The van der Waals surface area contributed by atoms with E-state index in [1.807, 2.05) is 43.3 Å². The van der Waals surface area contributed by atoms with E-state index in [4.69, 9.17) is 4.74 Å². The Balaban J connectivity index is 1.73. The molecule has 0 fully saturated rings. The predicted molar refractivity (Wildman–Crippen MR) is 127 cm³/mol. The van der Waals surface area contributed by atoms with E-state index in [0.29, 0.717) is 11.8 Å². The highest BCUT2D eigenvalue weighted by Gasteiger charge is 2.35. The monoisotopic (exact) mass is 413 g/mol. The molecule has 1 atom stereocenters. The largest absolute Gasteiger partial charge is 0.457 e. The van der Waals surface area contributed by atoms with Crippen LogP contribution in [0.4, 0.5) is 5.69 Å². The number of nitrogens with one attached hydrogen (secondary N) is 1. The van der Waals surface area contributed by atoms with Crippen LogP contribution in [0.5, 0.6) is 11.5 Å². The van der Waals surface area contributed by atoms with Crippen molar-refractivity contribution in [3.8, 4) is 11.5 Å². The molecule has 1 amide bonds. The zero-order valence-electron chi connectivity index (χ0n) is 19.0. The van der Waals surface area contributed by atoms with E-state index in [1.165, 1.54) is 11.1 Å². The highest BCUT2D eigenvalue weighted by Crippen LogP contribution is 2.47. The molecule has 0 saturated heterocycles. The zero-order chi connectivity index (χ0) is 22.1. The third kappa shape index (κ3) is 3.97. The van der Waals surface area contributed by atoms with Gasteiger partial charge in [0.1, 0.15) is 11.5 Å². The molecule has 4 rings (SSSR count). The molecule has 1 heterocycles. The van der Waals surface area contributed by atoms with Crippen LogP contribution in [0.1, 0.15) is 74.6 Å². The fourth-order valence-electron chi connectivity index (χ4n) is 4.57. The van der Waals surface area contributed by atoms with Gasteiger partial charge in [0, 0.05) is 28.7 Å². The smallest absolute Gasteiger partial charge is 0.228 e. The van der Waals surface area contributed by atoms with Gasteiger partial charge in [-0.25, -0.2) is 0 Å². The minimum Gasteiger partial charge on any atom is -0.457 e. The summed E-state index contributed by atoms with van der Waals surface area (Å²) < 4.78 is 6.13. The maximum Gasteiger partial charge on any atom is 0.228 e. The van der Waals surface area contributed by atoms with Crippen molar-refractivity contribution < 1.29 is 9.53 Å². The molecule has 0 radical (unpaired) electrons. The van der Waals surface area contributed by atoms with Crippen LogP contribution in [0.15, 0.2) is 66.7 Å². The number of hydrogen-bond acceptors (Lipinski definition) is 2. The molecule has 0 aromatic heterocycles. The van der Waals surface area contributed by atoms with E-state index in [0.717, 1.165) is 28.3 Å². The second-order valence-corrected chi connectivity index (χ2v) is 9.05. The average Bonchev–Trinajstić information content (AvgIpc) is 2.76. The zero-order valence-corrected chi connectivity index (χ0v) is 19.0. The Morgan fingerprint density at radius 1 is 0.742 bits per heavy atom. The maximum atomic E-state index is 13.6. The number of ether oxygens (including phenoxy) is 1. The molecule has 0 saturated carbocycles. The fourth-order valence-corrected chi connectivity index (χ4v) is 4.57. The number of fused-ring (bicyclic) bond motifs is 2. The molecule has 3 aromatic rings. The van der Waals surface area contributed by atoms with Crippen LogP contribution in [0, 0.1) is 5.92 Å². The molecule has 1 aliphatic heterocycles. The Labute approximate surface area is 185 Å². The summed E-state index contributed by atoms with van der Waals surface area (Å²) in [6.07, 6.45) is 0. The minimum absolute atomic E-state index is 0.0338. The molecule has 3 heteroatoms. The summed E-state index contributed by atoms with van der Waals surface area (Å²) in [6, 6.07) is 22.4. The lowest BCUT2D eigenvalue weighted by molar-refractivity contribution is -0.119. The molecule has 160 valence electrons. The normalized spacial score (nSPS) is 14.0. The van der Waals surface area contributed by atoms with Crippen molar-refractivity contribution in [1.29, 1.82) is 0 Å². The summed E-state index contributed by atoms with van der Waals surface area (Å²) in [7, 11) is 0. The molecular formula is C28H31NO2. The number of anilines is 1. The lowest BCUT2D eigenvalue weighted by Crippen LogP contribution is -2.29. The molecule has 1 N–H and O–H groups in total. The van der Waals surface area contributed by atoms with E-state index in [9.17, 15) is 4.79 Å². The van der Waals surface area contributed by atoms with Gasteiger partial charge in [-0.05, 0) is 35.1 Å². The highest BCUT2D eigenvalue weighted by molar-refractivity contribution is 5.95. The van der Waals surface area contributed by atoms with Gasteiger partial charge in [-0.15, -0.1) is 0 Å². The summed E-state index contributed by atoms with van der Waals surface area (Å²) in [5.74, 6) is 2.03. The standard InChI is InChI=1S/C28H31NO2/c1-17(2)20-13-10-14-21(18(3)4)27(20)29-28(30)19(5)26-22-11-6-8-15-24(22)31-25-16-9-7-12-23(25)26/h6-19,26H,1-5H3,(H,29,30). The molecule has 0 bridgehead atoms. The van der Waals surface area contributed by atoms with Gasteiger partial charge in [0.25, 0.3) is 0 Å². The second kappa shape index (κ2) is 8.58. The van der Waals surface area contributed by atoms with Crippen LogP contribution in [0.3, 0.4) is 0 Å². The molecule has 31 heavy (non-hydrogen) atoms. The first kappa shape index (κ1) is 21.2. The van der Waals surface area contributed by atoms with Crippen molar-refractivity contribution >= 4 is 11.6 Å². The Morgan fingerprint density at radius 3 is 1.71 bits per heavy atom. The number of amides is 1. The van der Waals surface area contributed by atoms with E-state index in [-0.39, 0.29) is 17.7 Å². The van der Waals surface area contributed by atoms with Gasteiger partial charge in [-0.2, -0.15) is 0 Å². The number of carbonyl (C=O) groups excluding carboxylic acids is 1. The Hall–Kier alpha value is -3.07. The van der Waals surface area contributed by atoms with Gasteiger partial charge >= 0.3 is 0 Å². The quantitative estimate of drug-likeness (QED) is 0.472. The number of benzene rings is 3. The summed E-state index contributed by atoms with van der Waals surface area (Å²) >= 11 is 0. The molecular weight excluding hydrogens is 382 g/mol. The van der Waals surface area contributed by atoms with E-state index in [1.54, 1.807) is 0 Å². The molecule has 1 unspecified atom stereocenters. The van der Waals surface area contributed by atoms with Crippen molar-refractivity contribution in [2.45, 2.75) is 52.4 Å². The van der Waals surface area contributed by atoms with Gasteiger partial charge in [-0.3, -0.25) is 4.79 Å². The van der Waals surface area contributed by atoms with Crippen molar-refractivity contribution in [1.82, 2.24) is 0 Å².